The molecule has 0 amide bonds. The number of hydrogen-bond donors (Lipinski definition) is 2. The first-order valence-corrected chi connectivity index (χ1v) is 3.75. The van der Waals surface area contributed by atoms with Gasteiger partial charge in [-0.2, -0.15) is 0 Å². The molecule has 0 aromatic rings. The summed E-state index contributed by atoms with van der Waals surface area (Å²) in [5.41, 5.74) is 0.240. The van der Waals surface area contributed by atoms with Crippen molar-refractivity contribution in [3.05, 3.63) is 12.2 Å². The lowest BCUT2D eigenvalue weighted by Crippen LogP contribution is -2.23. The van der Waals surface area contributed by atoms with Crippen LogP contribution >= 0.6 is 0 Å². The van der Waals surface area contributed by atoms with Crippen molar-refractivity contribution in [3.63, 3.8) is 0 Å². The van der Waals surface area contributed by atoms with Crippen molar-refractivity contribution in [2.75, 3.05) is 6.54 Å². The van der Waals surface area contributed by atoms with E-state index >= 15 is 0 Å². The fourth-order valence-electron chi connectivity index (χ4n) is 0.936. The van der Waals surface area contributed by atoms with E-state index in [9.17, 15) is 4.79 Å². The first-order valence-electron chi connectivity index (χ1n) is 3.75. The molecule has 1 saturated carbocycles. The molecule has 0 saturated heterocycles. The molecule has 2 unspecified atom stereocenters. The average Bonchev–Trinajstić information content (AvgIpc) is 2.61. The fraction of sp³-hybridized carbons (Fsp3) is 0.625. The number of hydrogen-bond acceptors (Lipinski definition) is 2. The molecule has 1 rings (SSSR count). The molecule has 11 heavy (non-hydrogen) atoms. The van der Waals surface area contributed by atoms with Crippen molar-refractivity contribution < 1.29 is 9.90 Å². The highest BCUT2D eigenvalue weighted by Crippen LogP contribution is 2.28. The Morgan fingerprint density at radius 2 is 2.36 bits per heavy atom. The lowest BCUT2D eigenvalue weighted by Gasteiger charge is -2.01. The highest BCUT2D eigenvalue weighted by Gasteiger charge is 2.31. The lowest BCUT2D eigenvalue weighted by atomic mass is 10.3. The summed E-state index contributed by atoms with van der Waals surface area (Å²) in [5, 5.41) is 11.5. The average molecular weight is 155 g/mol. The van der Waals surface area contributed by atoms with Gasteiger partial charge in [0.1, 0.15) is 0 Å². The van der Waals surface area contributed by atoms with Crippen molar-refractivity contribution in [3.8, 4) is 0 Å². The summed E-state index contributed by atoms with van der Waals surface area (Å²) < 4.78 is 0. The molecule has 3 nitrogen and oxygen atoms in total. The monoisotopic (exact) mass is 155 g/mol. The van der Waals surface area contributed by atoms with Crippen LogP contribution in [0.15, 0.2) is 12.2 Å². The van der Waals surface area contributed by atoms with Crippen LogP contribution in [0.3, 0.4) is 0 Å². The lowest BCUT2D eigenvalue weighted by molar-refractivity contribution is -0.132. The molecule has 0 aliphatic heterocycles. The highest BCUT2D eigenvalue weighted by molar-refractivity contribution is 5.86. The summed E-state index contributed by atoms with van der Waals surface area (Å²) in [6.45, 7) is 5.96. The molecule has 2 atom stereocenters. The van der Waals surface area contributed by atoms with E-state index in [-0.39, 0.29) is 5.57 Å². The third-order valence-corrected chi connectivity index (χ3v) is 1.99. The standard InChI is InChI=1S/C8H13NO2/c1-5-3-7(5)9-4-6(2)8(10)11/h5,7,9H,2-4H2,1H3,(H,10,11). The Labute approximate surface area is 66.1 Å². The smallest absolute Gasteiger partial charge is 0.332 e. The minimum atomic E-state index is -0.911. The predicted octanol–water partition coefficient (Wildman–Crippen LogP) is 0.625. The van der Waals surface area contributed by atoms with E-state index in [0.717, 1.165) is 6.42 Å². The van der Waals surface area contributed by atoms with Gasteiger partial charge in [-0.3, -0.25) is 0 Å². The molecule has 62 valence electrons. The molecule has 0 aromatic heterocycles. The van der Waals surface area contributed by atoms with Crippen molar-refractivity contribution in [2.45, 2.75) is 19.4 Å². The third kappa shape index (κ3) is 2.35. The van der Waals surface area contributed by atoms with Gasteiger partial charge in [0.25, 0.3) is 0 Å². The van der Waals surface area contributed by atoms with Crippen LogP contribution < -0.4 is 5.32 Å². The van der Waals surface area contributed by atoms with Crippen molar-refractivity contribution in [2.24, 2.45) is 5.92 Å². The first-order chi connectivity index (χ1) is 5.11. The van der Waals surface area contributed by atoms with E-state index in [1.54, 1.807) is 0 Å². The maximum Gasteiger partial charge on any atom is 0.332 e. The second-order valence-electron chi connectivity index (χ2n) is 3.11. The number of rotatable bonds is 4. The Morgan fingerprint density at radius 1 is 1.82 bits per heavy atom. The van der Waals surface area contributed by atoms with Gasteiger partial charge in [-0.15, -0.1) is 0 Å². The van der Waals surface area contributed by atoms with E-state index in [1.807, 2.05) is 0 Å². The number of nitrogens with one attached hydrogen (secondary N) is 1. The van der Waals surface area contributed by atoms with Gasteiger partial charge in [-0.25, -0.2) is 4.79 Å². The van der Waals surface area contributed by atoms with Gasteiger partial charge >= 0.3 is 5.97 Å². The molecule has 0 radical (unpaired) electrons. The Balaban J connectivity index is 2.12. The molecule has 0 bridgehead atoms. The fourth-order valence-corrected chi connectivity index (χ4v) is 0.936. The van der Waals surface area contributed by atoms with Crippen LogP contribution in [0.1, 0.15) is 13.3 Å². The Hall–Kier alpha value is -0.830. The van der Waals surface area contributed by atoms with E-state index < -0.39 is 5.97 Å². The summed E-state index contributed by atoms with van der Waals surface area (Å²) in [6, 6.07) is 0.520. The quantitative estimate of drug-likeness (QED) is 0.585. The second kappa shape index (κ2) is 3.05. The van der Waals surface area contributed by atoms with Gasteiger partial charge in [-0.05, 0) is 12.3 Å². The molecule has 3 heteroatoms. The second-order valence-corrected chi connectivity index (χ2v) is 3.11. The molecule has 1 aliphatic carbocycles. The molecular weight excluding hydrogens is 142 g/mol. The zero-order valence-electron chi connectivity index (χ0n) is 6.63. The Bertz CT molecular complexity index is 189. The Kier molecular flexibility index (Phi) is 2.29. The number of carboxylic acid groups (broad SMARTS) is 1. The van der Waals surface area contributed by atoms with Crippen molar-refractivity contribution in [1.82, 2.24) is 5.32 Å². The van der Waals surface area contributed by atoms with E-state index in [2.05, 4.69) is 18.8 Å². The number of aliphatic carboxylic acids is 1. The molecule has 0 heterocycles. The van der Waals surface area contributed by atoms with Crippen molar-refractivity contribution in [1.29, 1.82) is 0 Å². The van der Waals surface area contributed by atoms with Crippen molar-refractivity contribution >= 4 is 5.97 Å². The highest BCUT2D eigenvalue weighted by atomic mass is 16.4. The normalized spacial score (nSPS) is 28.1. The molecule has 0 aromatic carbocycles. The minimum Gasteiger partial charge on any atom is -0.478 e. The van der Waals surface area contributed by atoms with Gasteiger partial charge in [0, 0.05) is 18.2 Å². The molecule has 2 N–H and O–H groups in total. The van der Waals surface area contributed by atoms with Crippen LogP contribution in [-0.2, 0) is 4.79 Å². The molecule has 1 fully saturated rings. The summed E-state index contributed by atoms with van der Waals surface area (Å²) in [7, 11) is 0. The van der Waals surface area contributed by atoms with Crippen LogP contribution in [0.5, 0.6) is 0 Å². The van der Waals surface area contributed by atoms with Crippen LogP contribution in [0.4, 0.5) is 0 Å². The summed E-state index contributed by atoms with van der Waals surface area (Å²) >= 11 is 0. The topological polar surface area (TPSA) is 49.3 Å². The van der Waals surface area contributed by atoms with Crippen LogP contribution in [0.2, 0.25) is 0 Å². The Morgan fingerprint density at radius 3 is 2.73 bits per heavy atom. The molecule has 1 aliphatic rings. The molecule has 0 spiro atoms. The maximum atomic E-state index is 10.3. The first kappa shape index (κ1) is 8.27. The summed E-state index contributed by atoms with van der Waals surface area (Å²) in [5.74, 6) is -0.206. The van der Waals surface area contributed by atoms with Crippen LogP contribution in [-0.4, -0.2) is 23.7 Å². The van der Waals surface area contributed by atoms with Gasteiger partial charge in [-0.1, -0.05) is 13.5 Å². The van der Waals surface area contributed by atoms with E-state index in [4.69, 9.17) is 5.11 Å². The van der Waals surface area contributed by atoms with Gasteiger partial charge < -0.3 is 10.4 Å². The van der Waals surface area contributed by atoms with Gasteiger partial charge in [0.05, 0.1) is 0 Å². The van der Waals surface area contributed by atoms with Gasteiger partial charge in [0.2, 0.25) is 0 Å². The van der Waals surface area contributed by atoms with Gasteiger partial charge in [0.15, 0.2) is 0 Å². The van der Waals surface area contributed by atoms with E-state index in [0.29, 0.717) is 18.5 Å². The summed E-state index contributed by atoms with van der Waals surface area (Å²) in [4.78, 5) is 10.3. The minimum absolute atomic E-state index is 0.240. The summed E-state index contributed by atoms with van der Waals surface area (Å²) in [6.07, 6.45) is 1.16. The number of carboxylic acids is 1. The van der Waals surface area contributed by atoms with E-state index in [1.165, 1.54) is 0 Å². The molecular formula is C8H13NO2. The maximum absolute atomic E-state index is 10.3. The SMILES string of the molecule is C=C(CNC1CC1C)C(=O)O. The third-order valence-electron chi connectivity index (χ3n) is 1.99. The largest absolute Gasteiger partial charge is 0.478 e. The predicted molar refractivity (Wildman–Crippen MR) is 42.3 cm³/mol. The van der Waals surface area contributed by atoms with Crippen LogP contribution in [0.25, 0.3) is 0 Å². The zero-order chi connectivity index (χ0) is 8.43. The number of carbonyl (C=O) groups is 1. The van der Waals surface area contributed by atoms with Crippen LogP contribution in [0, 0.1) is 5.92 Å². The zero-order valence-corrected chi connectivity index (χ0v) is 6.63.